The van der Waals surface area contributed by atoms with Crippen LogP contribution in [0, 0.1) is 0 Å². The quantitative estimate of drug-likeness (QED) is 0.121. The van der Waals surface area contributed by atoms with Crippen molar-refractivity contribution in [1.29, 1.82) is 0 Å². The summed E-state index contributed by atoms with van der Waals surface area (Å²) in [5.41, 5.74) is 12.1. The van der Waals surface area contributed by atoms with Gasteiger partial charge >= 0.3 is 11.9 Å². The van der Waals surface area contributed by atoms with Gasteiger partial charge in [0.2, 0.25) is 0 Å². The van der Waals surface area contributed by atoms with E-state index in [9.17, 15) is 9.59 Å². The highest BCUT2D eigenvalue weighted by atomic mass is 35.5. The molecule has 8 heteroatoms. The molecule has 6 aromatic carbocycles. The summed E-state index contributed by atoms with van der Waals surface area (Å²) in [6.45, 7) is 1.68. The van der Waals surface area contributed by atoms with Gasteiger partial charge < -0.3 is 18.6 Å². The first-order valence-electron chi connectivity index (χ1n) is 20.1. The number of halogens is 1. The zero-order chi connectivity index (χ0) is 42.1. The molecule has 3 aromatic heterocycles. The third-order valence-corrected chi connectivity index (χ3v) is 11.1. The smallest absolute Gasteiger partial charge is 0.338 e. The average molecular weight is 822 g/mol. The van der Waals surface area contributed by atoms with Gasteiger partial charge in [-0.15, -0.1) is 0 Å². The predicted octanol–water partition coefficient (Wildman–Crippen LogP) is 11.8. The van der Waals surface area contributed by atoms with E-state index in [4.69, 9.17) is 21.1 Å². The summed E-state index contributed by atoms with van der Waals surface area (Å²) in [5, 5.41) is 2.90. The number of hydrogen-bond acceptors (Lipinski definition) is 5. The normalized spacial score (nSPS) is 10.9. The number of aromatic nitrogens is 3. The number of pyridine rings is 1. The Morgan fingerprint density at radius 1 is 0.525 bits per heavy atom. The van der Waals surface area contributed by atoms with E-state index in [1.807, 2.05) is 48.5 Å². The summed E-state index contributed by atoms with van der Waals surface area (Å²) in [7, 11) is 2.80. The molecule has 3 heterocycles. The number of carbonyl (C=O) groups is 2. The third kappa shape index (κ3) is 9.65. The second-order valence-corrected chi connectivity index (χ2v) is 15.3. The van der Waals surface area contributed by atoms with Gasteiger partial charge in [-0.3, -0.25) is 4.98 Å². The maximum Gasteiger partial charge on any atom is 0.338 e. The van der Waals surface area contributed by atoms with Crippen LogP contribution in [0.4, 0.5) is 0 Å². The largest absolute Gasteiger partial charge is 0.465 e. The van der Waals surface area contributed by atoms with Crippen LogP contribution in [0.25, 0.3) is 32.9 Å². The van der Waals surface area contributed by atoms with E-state index in [1.54, 1.807) is 24.5 Å². The van der Waals surface area contributed by atoms with Crippen LogP contribution in [0.15, 0.2) is 183 Å². The molecule has 0 amide bonds. The third-order valence-electron chi connectivity index (χ3n) is 10.8. The number of hydrogen-bond donors (Lipinski definition) is 0. The molecule has 0 aliphatic heterocycles. The molecule has 0 aliphatic carbocycles. The fraction of sp³-hybridized carbons (Fsp3) is 0.113. The minimum atomic E-state index is -0.368. The standard InChI is InChI=1S/C29H24N2O2.C24H20ClNO2/c1-33-29(32)27-18-23(26-8-5-14-30-19-26)10-11-24(27)16-22-9-12-28-25(17-22)13-15-31(28)20-21-6-3-2-4-7-21;1-28-24(27)22-15-21(25)9-8-19(22)13-18-7-10-23-20(14-18)11-12-26(23)16-17-5-3-2-4-6-17/h2-15,17-19H,16,20H2,1H3;2-12,14-15H,13,16H2,1H3. The van der Waals surface area contributed by atoms with Crippen LogP contribution in [0.2, 0.25) is 5.02 Å². The number of fused-ring (bicyclic) bond motifs is 2. The van der Waals surface area contributed by atoms with Gasteiger partial charge in [0.05, 0.1) is 25.3 Å². The van der Waals surface area contributed by atoms with Crippen molar-refractivity contribution in [2.45, 2.75) is 25.9 Å². The van der Waals surface area contributed by atoms with Gasteiger partial charge in [0, 0.05) is 59.5 Å². The first-order chi connectivity index (χ1) is 29.8. The van der Waals surface area contributed by atoms with E-state index in [-0.39, 0.29) is 11.9 Å². The summed E-state index contributed by atoms with van der Waals surface area (Å²) in [5.74, 6) is -0.696. The topological polar surface area (TPSA) is 75.3 Å². The van der Waals surface area contributed by atoms with Crippen molar-refractivity contribution >= 4 is 45.3 Å². The van der Waals surface area contributed by atoms with Crippen molar-refractivity contribution in [2.24, 2.45) is 0 Å². The van der Waals surface area contributed by atoms with Gasteiger partial charge in [0.25, 0.3) is 0 Å². The molecule has 9 rings (SSSR count). The van der Waals surface area contributed by atoms with E-state index >= 15 is 0 Å². The molecular formula is C53H44ClN3O4. The molecule has 0 radical (unpaired) electrons. The summed E-state index contributed by atoms with van der Waals surface area (Å²) in [6.07, 6.45) is 9.07. The molecule has 0 spiro atoms. The molecule has 0 bridgehead atoms. The van der Waals surface area contributed by atoms with Crippen molar-refractivity contribution in [3.8, 4) is 11.1 Å². The van der Waals surface area contributed by atoms with Crippen LogP contribution in [-0.2, 0) is 35.4 Å². The fourth-order valence-electron chi connectivity index (χ4n) is 7.74. The van der Waals surface area contributed by atoms with Crippen LogP contribution >= 0.6 is 11.6 Å². The van der Waals surface area contributed by atoms with Crippen LogP contribution < -0.4 is 0 Å². The lowest BCUT2D eigenvalue weighted by Gasteiger charge is -2.11. The zero-order valence-electron chi connectivity index (χ0n) is 34.0. The van der Waals surface area contributed by atoms with Gasteiger partial charge in [-0.2, -0.15) is 0 Å². The highest BCUT2D eigenvalue weighted by molar-refractivity contribution is 6.31. The SMILES string of the molecule is COC(=O)c1cc(-c2cccnc2)ccc1Cc1ccc2c(ccn2Cc2ccccc2)c1.COC(=O)c1cc(Cl)ccc1Cc1ccc2c(ccn2Cc2ccccc2)c1. The second kappa shape index (κ2) is 18.8. The highest BCUT2D eigenvalue weighted by Gasteiger charge is 2.16. The average Bonchev–Trinajstić information content (AvgIpc) is 3.90. The summed E-state index contributed by atoms with van der Waals surface area (Å²) in [6, 6.07) is 53.3. The van der Waals surface area contributed by atoms with Gasteiger partial charge in [-0.05, 0) is 123 Å². The number of rotatable bonds is 11. The van der Waals surface area contributed by atoms with E-state index < -0.39 is 0 Å². The minimum Gasteiger partial charge on any atom is -0.465 e. The molecule has 0 saturated carbocycles. The van der Waals surface area contributed by atoms with Crippen LogP contribution in [0.1, 0.15) is 54.1 Å². The van der Waals surface area contributed by atoms with Crippen molar-refractivity contribution < 1.29 is 19.1 Å². The van der Waals surface area contributed by atoms with Gasteiger partial charge in [0.15, 0.2) is 0 Å². The monoisotopic (exact) mass is 821 g/mol. The summed E-state index contributed by atoms with van der Waals surface area (Å²) >= 11 is 6.06. The van der Waals surface area contributed by atoms with Gasteiger partial charge in [0.1, 0.15) is 0 Å². The van der Waals surface area contributed by atoms with Crippen molar-refractivity contribution in [3.63, 3.8) is 0 Å². The molecule has 0 saturated heterocycles. The second-order valence-electron chi connectivity index (χ2n) is 14.9. The van der Waals surface area contributed by atoms with E-state index in [0.29, 0.717) is 29.0 Å². The fourth-order valence-corrected chi connectivity index (χ4v) is 7.91. The Balaban J connectivity index is 0.000000171. The lowest BCUT2D eigenvalue weighted by Crippen LogP contribution is -2.07. The number of methoxy groups -OCH3 is 2. The molecule has 0 atom stereocenters. The maximum atomic E-state index is 12.6. The minimum absolute atomic E-state index is 0.328. The molecule has 0 unspecified atom stereocenters. The van der Waals surface area contributed by atoms with E-state index in [2.05, 4.69) is 124 Å². The highest BCUT2D eigenvalue weighted by Crippen LogP contribution is 2.27. The lowest BCUT2D eigenvalue weighted by molar-refractivity contribution is 0.0590. The van der Waals surface area contributed by atoms with Crippen molar-refractivity contribution in [2.75, 3.05) is 14.2 Å². The Morgan fingerprint density at radius 3 is 1.56 bits per heavy atom. The number of carbonyl (C=O) groups excluding carboxylic acids is 2. The van der Waals surface area contributed by atoms with Crippen LogP contribution in [0.5, 0.6) is 0 Å². The summed E-state index contributed by atoms with van der Waals surface area (Å²) < 4.78 is 14.5. The molecule has 7 nitrogen and oxygen atoms in total. The van der Waals surface area contributed by atoms with E-state index in [1.165, 1.54) is 47.2 Å². The molecule has 0 aliphatic rings. The Morgan fingerprint density at radius 2 is 1.05 bits per heavy atom. The molecular weight excluding hydrogens is 778 g/mol. The number of benzene rings is 6. The first-order valence-corrected chi connectivity index (χ1v) is 20.4. The van der Waals surface area contributed by atoms with Crippen LogP contribution in [0.3, 0.4) is 0 Å². The number of nitrogens with zero attached hydrogens (tertiary/aromatic N) is 3. The van der Waals surface area contributed by atoms with Gasteiger partial charge in [-0.1, -0.05) is 109 Å². The predicted molar refractivity (Wildman–Crippen MR) is 244 cm³/mol. The molecule has 0 fully saturated rings. The maximum absolute atomic E-state index is 12.6. The van der Waals surface area contributed by atoms with Crippen molar-refractivity contribution in [3.05, 3.63) is 232 Å². The number of esters is 2. The Kier molecular flexibility index (Phi) is 12.5. The summed E-state index contributed by atoms with van der Waals surface area (Å²) in [4.78, 5) is 28.8. The number of ether oxygens (including phenoxy) is 2. The molecule has 0 N–H and O–H groups in total. The van der Waals surface area contributed by atoms with Gasteiger partial charge in [-0.25, -0.2) is 9.59 Å². The Bertz CT molecular complexity index is 2940. The first kappa shape index (κ1) is 40.6. The Labute approximate surface area is 360 Å². The molecule has 61 heavy (non-hydrogen) atoms. The Hall–Kier alpha value is -7.22. The molecule has 9 aromatic rings. The van der Waals surface area contributed by atoms with Crippen LogP contribution in [-0.4, -0.2) is 40.3 Å². The lowest BCUT2D eigenvalue weighted by atomic mass is 9.95. The van der Waals surface area contributed by atoms with E-state index in [0.717, 1.165) is 46.5 Å². The molecule has 302 valence electrons. The zero-order valence-corrected chi connectivity index (χ0v) is 34.8. The van der Waals surface area contributed by atoms with Crippen molar-refractivity contribution in [1.82, 2.24) is 14.1 Å².